The fourth-order valence-electron chi connectivity index (χ4n) is 3.84. The predicted octanol–water partition coefficient (Wildman–Crippen LogP) is 4.43. The maximum absolute atomic E-state index is 13.2. The monoisotopic (exact) mass is 523 g/mol. The Kier molecular flexibility index (Phi) is 7.92. The molecular formula is C26H29N5O5S. The molecule has 194 valence electrons. The SMILES string of the molecule is CCOc1cc(C(=O)N/N=C(\C)c2c(C)[nH]n(-c3nc4ccccc4s3)c2=O)cc(OCC)c1OCC. The second kappa shape index (κ2) is 11.3. The molecule has 0 aliphatic heterocycles. The lowest BCUT2D eigenvalue weighted by atomic mass is 10.1. The zero-order valence-corrected chi connectivity index (χ0v) is 22.2. The molecule has 0 bridgehead atoms. The second-order valence-electron chi connectivity index (χ2n) is 7.96. The summed E-state index contributed by atoms with van der Waals surface area (Å²) in [7, 11) is 0. The van der Waals surface area contributed by atoms with Gasteiger partial charge in [-0.2, -0.15) is 9.78 Å². The number of aromatic amines is 1. The number of hydrogen-bond donors (Lipinski definition) is 2. The normalized spacial score (nSPS) is 11.5. The quantitative estimate of drug-likeness (QED) is 0.234. The number of ether oxygens (including phenoxy) is 3. The van der Waals surface area contributed by atoms with Gasteiger partial charge in [0.15, 0.2) is 11.5 Å². The van der Waals surface area contributed by atoms with Crippen LogP contribution in [-0.4, -0.2) is 46.2 Å². The summed E-state index contributed by atoms with van der Waals surface area (Å²) < 4.78 is 19.4. The average Bonchev–Trinajstić information content (AvgIpc) is 3.44. The van der Waals surface area contributed by atoms with Gasteiger partial charge in [0.2, 0.25) is 10.9 Å². The van der Waals surface area contributed by atoms with E-state index >= 15 is 0 Å². The molecule has 0 radical (unpaired) electrons. The van der Waals surface area contributed by atoms with Crippen molar-refractivity contribution in [1.82, 2.24) is 20.2 Å². The lowest BCUT2D eigenvalue weighted by Gasteiger charge is -2.16. The molecule has 4 aromatic rings. The number of hydrazone groups is 1. The second-order valence-corrected chi connectivity index (χ2v) is 8.96. The van der Waals surface area contributed by atoms with Crippen LogP contribution in [0.5, 0.6) is 17.2 Å². The van der Waals surface area contributed by atoms with E-state index < -0.39 is 5.91 Å². The van der Waals surface area contributed by atoms with E-state index in [0.29, 0.717) is 59.2 Å². The highest BCUT2D eigenvalue weighted by atomic mass is 32.1. The minimum atomic E-state index is -0.482. The molecule has 11 heteroatoms. The number of para-hydroxylation sites is 1. The number of thiazole rings is 1. The molecule has 37 heavy (non-hydrogen) atoms. The smallest absolute Gasteiger partial charge is 0.282 e. The lowest BCUT2D eigenvalue weighted by Crippen LogP contribution is -2.23. The Balaban J connectivity index is 1.62. The summed E-state index contributed by atoms with van der Waals surface area (Å²) in [5.74, 6) is 0.771. The first-order valence-electron chi connectivity index (χ1n) is 12.0. The van der Waals surface area contributed by atoms with E-state index in [2.05, 4.69) is 20.6 Å². The number of fused-ring (bicyclic) bond motifs is 1. The van der Waals surface area contributed by atoms with Gasteiger partial charge in [0.05, 0.1) is 41.3 Å². The first kappa shape index (κ1) is 26.0. The van der Waals surface area contributed by atoms with Crippen LogP contribution in [0.15, 0.2) is 46.3 Å². The van der Waals surface area contributed by atoms with Gasteiger partial charge in [-0.15, -0.1) is 0 Å². The zero-order chi connectivity index (χ0) is 26.5. The van der Waals surface area contributed by atoms with E-state index in [9.17, 15) is 9.59 Å². The highest BCUT2D eigenvalue weighted by molar-refractivity contribution is 7.20. The Morgan fingerprint density at radius 2 is 1.73 bits per heavy atom. The number of carbonyl (C=O) groups excluding carboxylic acids is 1. The predicted molar refractivity (Wildman–Crippen MR) is 144 cm³/mol. The van der Waals surface area contributed by atoms with Crippen LogP contribution in [0.25, 0.3) is 15.3 Å². The average molecular weight is 524 g/mol. The molecule has 0 unspecified atom stereocenters. The molecule has 4 rings (SSSR count). The largest absolute Gasteiger partial charge is 0.490 e. The van der Waals surface area contributed by atoms with Gasteiger partial charge >= 0.3 is 0 Å². The number of nitrogens with one attached hydrogen (secondary N) is 2. The molecule has 10 nitrogen and oxygen atoms in total. The van der Waals surface area contributed by atoms with E-state index in [1.54, 1.807) is 26.0 Å². The third-order valence-electron chi connectivity index (χ3n) is 5.40. The fourth-order valence-corrected chi connectivity index (χ4v) is 4.76. The molecule has 0 fully saturated rings. The van der Waals surface area contributed by atoms with Crippen molar-refractivity contribution < 1.29 is 19.0 Å². The standard InChI is InChI=1S/C26H29N5O5S/c1-6-34-19-13-17(14-20(35-7-2)23(19)36-8-3)24(32)29-28-15(4)22-16(5)30-31(25(22)33)26-27-18-11-9-10-12-21(18)37-26/h9-14,30H,6-8H2,1-5H3,(H,29,32)/b28-15+. The fraction of sp³-hybridized carbons (Fsp3) is 0.308. The van der Waals surface area contributed by atoms with Crippen molar-refractivity contribution in [3.05, 3.63) is 63.6 Å². The Labute approximate surface area is 217 Å². The first-order chi connectivity index (χ1) is 17.9. The summed E-state index contributed by atoms with van der Waals surface area (Å²) in [4.78, 5) is 30.7. The van der Waals surface area contributed by atoms with E-state index in [4.69, 9.17) is 14.2 Å². The number of H-pyrrole nitrogens is 1. The summed E-state index contributed by atoms with van der Waals surface area (Å²) in [6, 6.07) is 10.8. The van der Waals surface area contributed by atoms with Crippen LogP contribution < -0.4 is 25.2 Å². The van der Waals surface area contributed by atoms with Gasteiger partial charge in [-0.1, -0.05) is 23.5 Å². The Bertz CT molecular complexity index is 1460. The van der Waals surface area contributed by atoms with E-state index in [1.807, 2.05) is 45.0 Å². The molecule has 1 amide bonds. The Morgan fingerprint density at radius 1 is 1.08 bits per heavy atom. The van der Waals surface area contributed by atoms with Gasteiger partial charge in [-0.25, -0.2) is 10.4 Å². The number of nitrogens with zero attached hydrogens (tertiary/aromatic N) is 3. The molecule has 0 aliphatic rings. The van der Waals surface area contributed by atoms with Gasteiger partial charge in [-0.05, 0) is 58.9 Å². The molecule has 2 aromatic heterocycles. The third kappa shape index (κ3) is 5.36. The van der Waals surface area contributed by atoms with Crippen LogP contribution in [0.1, 0.15) is 49.3 Å². The van der Waals surface area contributed by atoms with Crippen molar-refractivity contribution in [2.24, 2.45) is 5.10 Å². The molecule has 2 aromatic carbocycles. The number of aromatic nitrogens is 3. The van der Waals surface area contributed by atoms with Crippen molar-refractivity contribution >= 4 is 33.2 Å². The van der Waals surface area contributed by atoms with Gasteiger partial charge in [0.1, 0.15) is 0 Å². The topological polar surface area (TPSA) is 120 Å². The molecule has 2 heterocycles. The van der Waals surface area contributed by atoms with Crippen molar-refractivity contribution in [2.45, 2.75) is 34.6 Å². The zero-order valence-electron chi connectivity index (χ0n) is 21.4. The molecule has 2 N–H and O–H groups in total. The summed E-state index contributed by atoms with van der Waals surface area (Å²) in [5, 5.41) is 7.80. The van der Waals surface area contributed by atoms with Crippen LogP contribution in [0, 0.1) is 6.92 Å². The molecule has 0 atom stereocenters. The molecule has 0 spiro atoms. The maximum Gasteiger partial charge on any atom is 0.282 e. The maximum atomic E-state index is 13.2. The van der Waals surface area contributed by atoms with E-state index in [1.165, 1.54) is 16.0 Å². The van der Waals surface area contributed by atoms with Crippen molar-refractivity contribution in [2.75, 3.05) is 19.8 Å². The van der Waals surface area contributed by atoms with Crippen LogP contribution in [0.2, 0.25) is 0 Å². The minimum Gasteiger partial charge on any atom is -0.490 e. The van der Waals surface area contributed by atoms with Gasteiger partial charge in [0.25, 0.3) is 11.5 Å². The number of amides is 1. The van der Waals surface area contributed by atoms with Crippen LogP contribution in [0.3, 0.4) is 0 Å². The van der Waals surface area contributed by atoms with Crippen molar-refractivity contribution in [3.8, 4) is 22.4 Å². The number of rotatable bonds is 10. The van der Waals surface area contributed by atoms with E-state index in [-0.39, 0.29) is 11.1 Å². The number of carbonyl (C=O) groups is 1. The molecular weight excluding hydrogens is 494 g/mol. The van der Waals surface area contributed by atoms with Crippen LogP contribution in [-0.2, 0) is 0 Å². The lowest BCUT2D eigenvalue weighted by molar-refractivity contribution is 0.0953. The highest BCUT2D eigenvalue weighted by Gasteiger charge is 2.20. The number of benzene rings is 2. The van der Waals surface area contributed by atoms with Gasteiger partial charge in [0, 0.05) is 11.3 Å². The number of aryl methyl sites for hydroxylation is 1. The molecule has 0 saturated carbocycles. The first-order valence-corrected chi connectivity index (χ1v) is 12.8. The van der Waals surface area contributed by atoms with Gasteiger partial charge < -0.3 is 14.2 Å². The summed E-state index contributed by atoms with van der Waals surface area (Å²) >= 11 is 1.41. The third-order valence-corrected chi connectivity index (χ3v) is 6.43. The van der Waals surface area contributed by atoms with Crippen molar-refractivity contribution in [1.29, 1.82) is 0 Å². The van der Waals surface area contributed by atoms with Crippen molar-refractivity contribution in [3.63, 3.8) is 0 Å². The minimum absolute atomic E-state index is 0.282. The summed E-state index contributed by atoms with van der Waals surface area (Å²) in [6.45, 7) is 10.2. The summed E-state index contributed by atoms with van der Waals surface area (Å²) in [5.41, 5.74) is 4.65. The summed E-state index contributed by atoms with van der Waals surface area (Å²) in [6.07, 6.45) is 0. The number of hydrogen-bond acceptors (Lipinski definition) is 8. The van der Waals surface area contributed by atoms with Gasteiger partial charge in [-0.3, -0.25) is 14.7 Å². The highest BCUT2D eigenvalue weighted by Crippen LogP contribution is 2.39. The van der Waals surface area contributed by atoms with E-state index in [0.717, 1.165) is 10.2 Å². The van der Waals surface area contributed by atoms with Crippen LogP contribution >= 0.6 is 11.3 Å². The molecule has 0 saturated heterocycles. The van der Waals surface area contributed by atoms with Crippen LogP contribution in [0.4, 0.5) is 0 Å². The Hall–Kier alpha value is -4.12. The molecule has 0 aliphatic carbocycles. The Morgan fingerprint density at radius 3 is 2.35 bits per heavy atom.